The molecule has 0 aliphatic carbocycles. The van der Waals surface area contributed by atoms with E-state index >= 15 is 0 Å². The molecular formula is C13H17ClN4. The van der Waals surface area contributed by atoms with Crippen molar-refractivity contribution in [3.8, 4) is 0 Å². The second-order valence-electron chi connectivity index (χ2n) is 4.57. The second kappa shape index (κ2) is 5.96. The molecule has 0 saturated heterocycles. The Hall–Kier alpha value is -1.42. The van der Waals surface area contributed by atoms with Gasteiger partial charge in [0.25, 0.3) is 0 Å². The maximum Gasteiger partial charge on any atom is 0.180 e. The smallest absolute Gasteiger partial charge is 0.180 e. The van der Waals surface area contributed by atoms with Crippen LogP contribution in [0.5, 0.6) is 0 Å². The summed E-state index contributed by atoms with van der Waals surface area (Å²) in [7, 11) is 0. The molecule has 2 heterocycles. The van der Waals surface area contributed by atoms with E-state index in [4.69, 9.17) is 11.6 Å². The van der Waals surface area contributed by atoms with Crippen molar-refractivity contribution in [2.24, 2.45) is 5.92 Å². The normalized spacial score (nSPS) is 12.9. The SMILES string of the molecule is CC(C)C(CCCl)Nc1ccc2nccnc2n1. The zero-order chi connectivity index (χ0) is 13.0. The van der Waals surface area contributed by atoms with Gasteiger partial charge in [0.1, 0.15) is 11.3 Å². The molecule has 0 bridgehead atoms. The largest absolute Gasteiger partial charge is 0.367 e. The third-order valence-corrected chi connectivity index (χ3v) is 3.11. The molecule has 0 amide bonds. The number of halogens is 1. The highest BCUT2D eigenvalue weighted by Gasteiger charge is 2.13. The molecule has 18 heavy (non-hydrogen) atoms. The van der Waals surface area contributed by atoms with Crippen molar-refractivity contribution in [3.05, 3.63) is 24.5 Å². The number of fused-ring (bicyclic) bond motifs is 1. The van der Waals surface area contributed by atoms with Crippen LogP contribution in [0.2, 0.25) is 0 Å². The van der Waals surface area contributed by atoms with Crippen LogP contribution in [-0.4, -0.2) is 26.9 Å². The molecule has 2 aromatic rings. The van der Waals surface area contributed by atoms with Gasteiger partial charge in [-0.05, 0) is 24.5 Å². The summed E-state index contributed by atoms with van der Waals surface area (Å²) in [5.41, 5.74) is 1.47. The van der Waals surface area contributed by atoms with Crippen LogP contribution in [0.25, 0.3) is 11.2 Å². The highest BCUT2D eigenvalue weighted by atomic mass is 35.5. The van der Waals surface area contributed by atoms with Crippen molar-refractivity contribution in [1.29, 1.82) is 0 Å². The summed E-state index contributed by atoms with van der Waals surface area (Å²) in [6.07, 6.45) is 4.23. The van der Waals surface area contributed by atoms with Crippen LogP contribution >= 0.6 is 11.6 Å². The monoisotopic (exact) mass is 264 g/mol. The Morgan fingerprint density at radius 3 is 2.72 bits per heavy atom. The number of anilines is 1. The Balaban J connectivity index is 2.20. The van der Waals surface area contributed by atoms with Crippen LogP contribution in [0.1, 0.15) is 20.3 Å². The Morgan fingerprint density at radius 2 is 2.00 bits per heavy atom. The number of alkyl halides is 1. The molecular weight excluding hydrogens is 248 g/mol. The number of hydrogen-bond donors (Lipinski definition) is 1. The summed E-state index contributed by atoms with van der Waals surface area (Å²) in [6.45, 7) is 4.34. The maximum atomic E-state index is 5.82. The lowest BCUT2D eigenvalue weighted by molar-refractivity contribution is 0.512. The molecule has 2 aromatic heterocycles. The second-order valence-corrected chi connectivity index (χ2v) is 4.95. The molecule has 1 atom stereocenters. The molecule has 0 aliphatic rings. The van der Waals surface area contributed by atoms with E-state index in [2.05, 4.69) is 34.1 Å². The van der Waals surface area contributed by atoms with Crippen molar-refractivity contribution in [1.82, 2.24) is 15.0 Å². The highest BCUT2D eigenvalue weighted by Crippen LogP contribution is 2.16. The van der Waals surface area contributed by atoms with Crippen molar-refractivity contribution in [2.75, 3.05) is 11.2 Å². The number of aromatic nitrogens is 3. The van der Waals surface area contributed by atoms with Gasteiger partial charge in [-0.3, -0.25) is 4.98 Å². The molecule has 2 rings (SSSR count). The van der Waals surface area contributed by atoms with Crippen LogP contribution < -0.4 is 5.32 Å². The molecule has 4 nitrogen and oxygen atoms in total. The van der Waals surface area contributed by atoms with Gasteiger partial charge in [-0.1, -0.05) is 13.8 Å². The molecule has 0 aromatic carbocycles. The summed E-state index contributed by atoms with van der Waals surface area (Å²) < 4.78 is 0. The fraction of sp³-hybridized carbons (Fsp3) is 0.462. The number of nitrogens with zero attached hydrogens (tertiary/aromatic N) is 3. The Kier molecular flexibility index (Phi) is 4.31. The van der Waals surface area contributed by atoms with Crippen LogP contribution in [0, 0.1) is 5.92 Å². The number of nitrogens with one attached hydrogen (secondary N) is 1. The van der Waals surface area contributed by atoms with Crippen LogP contribution in [-0.2, 0) is 0 Å². The topological polar surface area (TPSA) is 50.7 Å². The molecule has 0 fully saturated rings. The Morgan fingerprint density at radius 1 is 1.22 bits per heavy atom. The van der Waals surface area contributed by atoms with E-state index in [1.54, 1.807) is 12.4 Å². The van der Waals surface area contributed by atoms with E-state index in [-0.39, 0.29) is 0 Å². The zero-order valence-electron chi connectivity index (χ0n) is 10.6. The van der Waals surface area contributed by atoms with Crippen molar-refractivity contribution in [2.45, 2.75) is 26.3 Å². The summed E-state index contributed by atoms with van der Waals surface area (Å²) in [4.78, 5) is 12.9. The lowest BCUT2D eigenvalue weighted by Gasteiger charge is -2.22. The van der Waals surface area contributed by atoms with Gasteiger partial charge < -0.3 is 5.32 Å². The summed E-state index contributed by atoms with van der Waals surface area (Å²) in [6, 6.07) is 4.18. The molecule has 1 N–H and O–H groups in total. The molecule has 0 radical (unpaired) electrons. The highest BCUT2D eigenvalue weighted by molar-refractivity contribution is 6.17. The lowest BCUT2D eigenvalue weighted by Crippen LogP contribution is -2.26. The summed E-state index contributed by atoms with van der Waals surface area (Å²) >= 11 is 5.82. The predicted molar refractivity (Wildman–Crippen MR) is 74.9 cm³/mol. The minimum absolute atomic E-state index is 0.323. The Bertz CT molecular complexity index is 515. The van der Waals surface area contributed by atoms with Gasteiger partial charge in [0.2, 0.25) is 0 Å². The summed E-state index contributed by atoms with van der Waals surface area (Å²) in [5, 5.41) is 3.41. The number of hydrogen-bond acceptors (Lipinski definition) is 4. The van der Waals surface area contributed by atoms with Crippen molar-refractivity contribution < 1.29 is 0 Å². The molecule has 5 heteroatoms. The third kappa shape index (κ3) is 3.07. The first-order valence-corrected chi connectivity index (χ1v) is 6.64. The minimum Gasteiger partial charge on any atom is -0.367 e. The molecule has 0 aliphatic heterocycles. The van der Waals surface area contributed by atoms with E-state index in [0.29, 0.717) is 23.5 Å². The Labute approximate surface area is 112 Å². The van der Waals surface area contributed by atoms with Gasteiger partial charge in [0.05, 0.1) is 0 Å². The predicted octanol–water partition coefficient (Wildman–Crippen LogP) is 3.09. The standard InChI is InChI=1S/C13H17ClN4/c1-9(2)10(5-6-14)17-12-4-3-11-13(18-12)16-8-7-15-11/h3-4,7-10H,5-6H2,1-2H3,(H,16,17,18). The van der Waals surface area contributed by atoms with Gasteiger partial charge in [0.15, 0.2) is 5.65 Å². The van der Waals surface area contributed by atoms with Gasteiger partial charge in [-0.2, -0.15) is 0 Å². The van der Waals surface area contributed by atoms with Crippen LogP contribution in [0.15, 0.2) is 24.5 Å². The molecule has 0 saturated carbocycles. The number of pyridine rings is 1. The maximum absolute atomic E-state index is 5.82. The first-order chi connectivity index (χ1) is 8.70. The van der Waals surface area contributed by atoms with Crippen LogP contribution in [0.3, 0.4) is 0 Å². The zero-order valence-corrected chi connectivity index (χ0v) is 11.4. The average Bonchev–Trinajstić information content (AvgIpc) is 2.38. The third-order valence-electron chi connectivity index (χ3n) is 2.89. The lowest BCUT2D eigenvalue weighted by atomic mass is 10.0. The van der Waals surface area contributed by atoms with Gasteiger partial charge in [-0.15, -0.1) is 11.6 Å². The average molecular weight is 265 g/mol. The quantitative estimate of drug-likeness (QED) is 0.843. The van der Waals surface area contributed by atoms with Crippen molar-refractivity contribution >= 4 is 28.6 Å². The number of rotatable bonds is 5. The van der Waals surface area contributed by atoms with E-state index in [1.807, 2.05) is 12.1 Å². The summed E-state index contributed by atoms with van der Waals surface area (Å²) in [5.74, 6) is 1.97. The molecule has 0 spiro atoms. The fourth-order valence-corrected chi connectivity index (χ4v) is 2.05. The first-order valence-electron chi connectivity index (χ1n) is 6.11. The van der Waals surface area contributed by atoms with Gasteiger partial charge in [-0.25, -0.2) is 9.97 Å². The molecule has 96 valence electrons. The van der Waals surface area contributed by atoms with E-state index in [9.17, 15) is 0 Å². The van der Waals surface area contributed by atoms with E-state index in [0.717, 1.165) is 17.8 Å². The fourth-order valence-electron chi connectivity index (χ4n) is 1.81. The van der Waals surface area contributed by atoms with Gasteiger partial charge in [0, 0.05) is 24.3 Å². The van der Waals surface area contributed by atoms with Crippen molar-refractivity contribution in [3.63, 3.8) is 0 Å². The molecule has 1 unspecified atom stereocenters. The van der Waals surface area contributed by atoms with E-state index in [1.165, 1.54) is 0 Å². The first kappa shape index (κ1) is 13.0. The minimum atomic E-state index is 0.323. The van der Waals surface area contributed by atoms with E-state index < -0.39 is 0 Å². The van der Waals surface area contributed by atoms with Crippen LogP contribution in [0.4, 0.5) is 5.82 Å². The van der Waals surface area contributed by atoms with Gasteiger partial charge >= 0.3 is 0 Å².